The van der Waals surface area contributed by atoms with E-state index in [1.54, 1.807) is 0 Å². The molecular weight excluding hydrogens is 619 g/mol. The van der Waals surface area contributed by atoms with Crippen LogP contribution in [0.1, 0.15) is 285 Å². The highest BCUT2D eigenvalue weighted by Crippen LogP contribution is 2.32. The van der Waals surface area contributed by atoms with Crippen LogP contribution in [0.3, 0.4) is 0 Å². The van der Waals surface area contributed by atoms with Crippen LogP contribution < -0.4 is 0 Å². The molecule has 0 heterocycles. The summed E-state index contributed by atoms with van der Waals surface area (Å²) in [6.07, 6.45) is 59.2. The van der Waals surface area contributed by atoms with E-state index in [0.29, 0.717) is 0 Å². The second-order valence-corrected chi connectivity index (χ2v) is 18.6. The molecule has 0 fully saturated rings. The minimum Gasteiger partial charge on any atom is -0.147 e. The molecule has 0 aliphatic carbocycles. The molecule has 0 radical (unpaired) electrons. The van der Waals surface area contributed by atoms with Crippen LogP contribution in [0.2, 0.25) is 0 Å². The molecule has 0 aromatic carbocycles. The van der Waals surface area contributed by atoms with Gasteiger partial charge in [-0.05, 0) is 24.2 Å². The predicted octanol–water partition coefficient (Wildman–Crippen LogP) is 18.5. The van der Waals surface area contributed by atoms with Crippen molar-refractivity contribution in [3.63, 3.8) is 0 Å². The SMILES string of the molecule is CCCCCCCCCCCCCCCCCCCCCC(C)PC(C)CCCCCCCCCCCCCCCCCCCCC.Cl. The first kappa shape index (κ1) is 50.8. The molecule has 0 nitrogen and oxygen atoms in total. The first-order chi connectivity index (χ1) is 23.2. The lowest BCUT2D eigenvalue weighted by Gasteiger charge is -2.17. The van der Waals surface area contributed by atoms with E-state index in [2.05, 4.69) is 27.7 Å². The first-order valence-electron chi connectivity index (χ1n) is 23.0. The zero-order valence-corrected chi connectivity index (χ0v) is 36.2. The van der Waals surface area contributed by atoms with Crippen molar-refractivity contribution in [3.8, 4) is 0 Å². The van der Waals surface area contributed by atoms with E-state index in [0.717, 1.165) is 11.3 Å². The topological polar surface area (TPSA) is 0 Å². The van der Waals surface area contributed by atoms with Gasteiger partial charge in [0.2, 0.25) is 0 Å². The largest absolute Gasteiger partial charge is 0.147 e. The molecule has 0 spiro atoms. The molecule has 0 bridgehead atoms. The minimum absolute atomic E-state index is 0. The summed E-state index contributed by atoms with van der Waals surface area (Å²) >= 11 is 0. The van der Waals surface area contributed by atoms with Crippen LogP contribution in [0.4, 0.5) is 0 Å². The molecule has 2 unspecified atom stereocenters. The molecule has 0 aliphatic heterocycles. The van der Waals surface area contributed by atoms with E-state index in [4.69, 9.17) is 0 Å². The van der Waals surface area contributed by atoms with Gasteiger partial charge in [0.05, 0.1) is 0 Å². The summed E-state index contributed by atoms with van der Waals surface area (Å²) in [6, 6.07) is 0. The summed E-state index contributed by atoms with van der Waals surface area (Å²) in [7, 11) is 1.20. The number of rotatable bonds is 42. The Morgan fingerprint density at radius 2 is 0.396 bits per heavy atom. The van der Waals surface area contributed by atoms with Crippen LogP contribution in [0.5, 0.6) is 0 Å². The number of unbranched alkanes of at least 4 members (excludes halogenated alkanes) is 36. The number of hydrogen-bond donors (Lipinski definition) is 0. The van der Waals surface area contributed by atoms with E-state index in [9.17, 15) is 0 Å². The van der Waals surface area contributed by atoms with Gasteiger partial charge < -0.3 is 0 Å². The van der Waals surface area contributed by atoms with Crippen molar-refractivity contribution < 1.29 is 0 Å². The molecule has 0 aromatic heterocycles. The summed E-state index contributed by atoms with van der Waals surface area (Å²) in [5.74, 6) is 0. The third-order valence-electron chi connectivity index (χ3n) is 11.1. The summed E-state index contributed by atoms with van der Waals surface area (Å²) in [5.41, 5.74) is 1.94. The average molecular weight is 716 g/mol. The van der Waals surface area contributed by atoms with Crippen LogP contribution in [0.15, 0.2) is 0 Å². The summed E-state index contributed by atoms with van der Waals surface area (Å²) < 4.78 is 0. The van der Waals surface area contributed by atoms with Crippen molar-refractivity contribution >= 4 is 21.0 Å². The van der Waals surface area contributed by atoms with Crippen molar-refractivity contribution in [2.45, 2.75) is 296 Å². The lowest BCUT2D eigenvalue weighted by atomic mass is 10.0. The highest BCUT2D eigenvalue weighted by molar-refractivity contribution is 7.39. The second-order valence-electron chi connectivity index (χ2n) is 16.3. The Bertz CT molecular complexity index is 490. The molecule has 0 aliphatic rings. The van der Waals surface area contributed by atoms with Crippen LogP contribution >= 0.6 is 21.0 Å². The van der Waals surface area contributed by atoms with Crippen LogP contribution in [-0.2, 0) is 0 Å². The zero-order valence-electron chi connectivity index (χ0n) is 34.3. The Morgan fingerprint density at radius 1 is 0.250 bits per heavy atom. The minimum atomic E-state index is 0. The zero-order chi connectivity index (χ0) is 34.1. The van der Waals surface area contributed by atoms with Gasteiger partial charge in [-0.15, -0.1) is 21.0 Å². The van der Waals surface area contributed by atoms with Crippen LogP contribution in [-0.4, -0.2) is 11.3 Å². The van der Waals surface area contributed by atoms with Gasteiger partial charge >= 0.3 is 0 Å². The van der Waals surface area contributed by atoms with Crippen molar-refractivity contribution in [1.82, 2.24) is 0 Å². The third-order valence-corrected chi connectivity index (χ3v) is 12.8. The van der Waals surface area contributed by atoms with Crippen LogP contribution in [0, 0.1) is 0 Å². The smallest absolute Gasteiger partial charge is 0.0263 e. The van der Waals surface area contributed by atoms with E-state index in [-0.39, 0.29) is 12.4 Å². The van der Waals surface area contributed by atoms with Gasteiger partial charge in [-0.3, -0.25) is 0 Å². The van der Waals surface area contributed by atoms with E-state index in [1.165, 1.54) is 265 Å². The first-order valence-corrected chi connectivity index (χ1v) is 24.1. The molecule has 0 N–H and O–H groups in total. The fourth-order valence-corrected chi connectivity index (χ4v) is 9.42. The molecule has 0 rings (SSSR count). The van der Waals surface area contributed by atoms with Gasteiger partial charge in [-0.25, -0.2) is 0 Å². The van der Waals surface area contributed by atoms with Crippen molar-refractivity contribution in [2.75, 3.05) is 0 Å². The molecule has 2 heteroatoms. The Balaban J connectivity index is 0. The normalized spacial score (nSPS) is 13.0. The molecule has 0 saturated heterocycles. The van der Waals surface area contributed by atoms with Gasteiger partial charge in [0.1, 0.15) is 0 Å². The summed E-state index contributed by atoms with van der Waals surface area (Å²) in [5, 5.41) is 0. The standard InChI is InChI=1S/C46H95P.ClH/c1-5-7-9-11-13-15-17-19-21-23-25-27-29-31-33-35-37-39-41-43-45(3)47-46(4)44-42-40-38-36-34-32-30-28-26-24-22-20-18-16-14-12-10-8-6-2;/h45-47H,5-44H2,1-4H3;1H. The maximum absolute atomic E-state index is 2.54. The second kappa shape index (κ2) is 45.7. The highest BCUT2D eigenvalue weighted by Gasteiger charge is 2.08. The molecule has 0 saturated carbocycles. The Hall–Kier alpha value is 0.720. The quantitative estimate of drug-likeness (QED) is 0.0436. The van der Waals surface area contributed by atoms with Gasteiger partial charge in [-0.1, -0.05) is 272 Å². The fraction of sp³-hybridized carbons (Fsp3) is 1.00. The maximum Gasteiger partial charge on any atom is -0.0263 e. The highest BCUT2D eigenvalue weighted by atomic mass is 35.5. The van der Waals surface area contributed by atoms with Crippen molar-refractivity contribution in [2.24, 2.45) is 0 Å². The molecule has 292 valence electrons. The Kier molecular flexibility index (Phi) is 48.4. The van der Waals surface area contributed by atoms with Crippen LogP contribution in [0.25, 0.3) is 0 Å². The van der Waals surface area contributed by atoms with Crippen molar-refractivity contribution in [3.05, 3.63) is 0 Å². The van der Waals surface area contributed by atoms with E-state index >= 15 is 0 Å². The Morgan fingerprint density at radius 3 is 0.562 bits per heavy atom. The molecule has 0 aromatic rings. The fourth-order valence-electron chi connectivity index (χ4n) is 7.71. The average Bonchev–Trinajstić information content (AvgIpc) is 3.06. The third kappa shape index (κ3) is 44.7. The molecule has 0 amide bonds. The summed E-state index contributed by atoms with van der Waals surface area (Å²) in [6.45, 7) is 9.71. The van der Waals surface area contributed by atoms with Gasteiger partial charge in [0.25, 0.3) is 0 Å². The molecular formula is C46H96ClP. The van der Waals surface area contributed by atoms with E-state index in [1.807, 2.05) is 0 Å². The lowest BCUT2D eigenvalue weighted by molar-refractivity contribution is 0.521. The predicted molar refractivity (Wildman–Crippen MR) is 231 cm³/mol. The number of hydrogen-bond acceptors (Lipinski definition) is 0. The molecule has 48 heavy (non-hydrogen) atoms. The van der Waals surface area contributed by atoms with Gasteiger partial charge in [0, 0.05) is 0 Å². The van der Waals surface area contributed by atoms with Crippen molar-refractivity contribution in [1.29, 1.82) is 0 Å². The summed E-state index contributed by atoms with van der Waals surface area (Å²) in [4.78, 5) is 0. The maximum atomic E-state index is 2.54. The van der Waals surface area contributed by atoms with Gasteiger partial charge in [-0.2, -0.15) is 0 Å². The molecule has 2 atom stereocenters. The monoisotopic (exact) mass is 715 g/mol. The van der Waals surface area contributed by atoms with Gasteiger partial charge in [0.15, 0.2) is 0 Å². The lowest BCUT2D eigenvalue weighted by Crippen LogP contribution is -2.02. The van der Waals surface area contributed by atoms with E-state index < -0.39 is 0 Å². The Labute approximate surface area is 315 Å². The number of halogens is 1.